The number of carbonyl (C=O) groups excluding carboxylic acids is 2. The molecule has 0 aliphatic carbocycles. The van der Waals surface area contributed by atoms with Crippen molar-refractivity contribution < 1.29 is 9.59 Å². The van der Waals surface area contributed by atoms with E-state index in [0.29, 0.717) is 50.4 Å². The second-order valence-corrected chi connectivity index (χ2v) is 9.05. The summed E-state index contributed by atoms with van der Waals surface area (Å²) in [5.74, 6) is -0.0226. The van der Waals surface area contributed by atoms with Crippen molar-refractivity contribution in [3.05, 3.63) is 82.7 Å². The number of para-hydroxylation sites is 1. The van der Waals surface area contributed by atoms with Crippen LogP contribution in [0.15, 0.2) is 54.6 Å². The lowest BCUT2D eigenvalue weighted by atomic mass is 10.0. The number of rotatable bonds is 4. The van der Waals surface area contributed by atoms with Gasteiger partial charge in [0.1, 0.15) is 0 Å². The molecule has 2 aliphatic rings. The van der Waals surface area contributed by atoms with Crippen LogP contribution >= 0.6 is 0 Å². The predicted octanol–water partition coefficient (Wildman–Crippen LogP) is 3.37. The van der Waals surface area contributed by atoms with Crippen molar-refractivity contribution in [2.75, 3.05) is 37.6 Å². The first kappa shape index (κ1) is 22.2. The molecule has 176 valence electrons. The first-order valence-corrected chi connectivity index (χ1v) is 12.1. The van der Waals surface area contributed by atoms with E-state index < -0.39 is 0 Å². The van der Waals surface area contributed by atoms with Gasteiger partial charge >= 0.3 is 0 Å². The summed E-state index contributed by atoms with van der Waals surface area (Å²) < 4.78 is 1.94. The average Bonchev–Trinajstić information content (AvgIpc) is 3.27. The molecule has 0 saturated carbocycles. The molecule has 0 radical (unpaired) electrons. The topological polar surface area (TPSA) is 61.7 Å². The summed E-state index contributed by atoms with van der Waals surface area (Å²) in [6.45, 7) is 8.74. The van der Waals surface area contributed by atoms with Gasteiger partial charge in [-0.3, -0.25) is 14.3 Å². The number of nitrogens with zero attached hydrogens (tertiary/aromatic N) is 5. The van der Waals surface area contributed by atoms with Crippen LogP contribution < -0.4 is 4.90 Å². The number of anilines is 1. The van der Waals surface area contributed by atoms with Crippen molar-refractivity contribution >= 4 is 17.5 Å². The fraction of sp³-hybridized carbons (Fsp3) is 0.370. The Kier molecular flexibility index (Phi) is 6.09. The highest BCUT2D eigenvalue weighted by molar-refractivity contribution is 5.96. The highest BCUT2D eigenvalue weighted by Gasteiger charge is 2.33. The van der Waals surface area contributed by atoms with Crippen molar-refractivity contribution in [1.29, 1.82) is 0 Å². The van der Waals surface area contributed by atoms with Gasteiger partial charge in [0, 0.05) is 68.2 Å². The smallest absolute Gasteiger partial charge is 0.274 e. The van der Waals surface area contributed by atoms with E-state index in [-0.39, 0.29) is 11.8 Å². The third-order valence-electron chi connectivity index (χ3n) is 6.91. The molecular weight excluding hydrogens is 426 g/mol. The molecular formula is C27H31N5O2. The molecule has 1 saturated heterocycles. The van der Waals surface area contributed by atoms with Crippen LogP contribution in [0.5, 0.6) is 0 Å². The Morgan fingerprint density at radius 2 is 1.56 bits per heavy atom. The summed E-state index contributed by atoms with van der Waals surface area (Å²) >= 11 is 0. The van der Waals surface area contributed by atoms with E-state index in [1.807, 2.05) is 70.8 Å². The fourth-order valence-corrected chi connectivity index (χ4v) is 4.93. The lowest BCUT2D eigenvalue weighted by molar-refractivity contribution is 0.0709. The van der Waals surface area contributed by atoms with E-state index in [4.69, 9.17) is 5.10 Å². The van der Waals surface area contributed by atoms with Gasteiger partial charge in [-0.1, -0.05) is 35.9 Å². The zero-order valence-corrected chi connectivity index (χ0v) is 19.9. The molecule has 0 unspecified atom stereocenters. The molecule has 0 atom stereocenters. The number of fused-ring (bicyclic) bond motifs is 1. The number of piperazine rings is 1. The van der Waals surface area contributed by atoms with Gasteiger partial charge in [0.25, 0.3) is 11.8 Å². The molecule has 1 fully saturated rings. The summed E-state index contributed by atoms with van der Waals surface area (Å²) in [5.41, 5.74) is 5.49. The van der Waals surface area contributed by atoms with E-state index in [0.717, 1.165) is 29.9 Å². The molecule has 2 aliphatic heterocycles. The Balaban J connectivity index is 1.33. The Labute approximate surface area is 200 Å². The molecule has 1 aromatic heterocycles. The lowest BCUT2D eigenvalue weighted by Gasteiger charge is -2.36. The summed E-state index contributed by atoms with van der Waals surface area (Å²) in [6.07, 6.45) is 0.711. The molecule has 0 N–H and O–H groups in total. The van der Waals surface area contributed by atoms with E-state index in [1.54, 1.807) is 0 Å². The van der Waals surface area contributed by atoms with Crippen LogP contribution in [0, 0.1) is 6.92 Å². The molecule has 2 amide bonds. The summed E-state index contributed by atoms with van der Waals surface area (Å²) in [7, 11) is 0. The van der Waals surface area contributed by atoms with E-state index in [9.17, 15) is 9.59 Å². The molecule has 0 bridgehead atoms. The minimum Gasteiger partial charge on any atom is -0.368 e. The SMILES string of the molecule is CCn1nc(C(=O)N2CCN(c3ccccc3)CC2)c2c1CCN(C(=O)c1ccc(C)cc1)C2. The van der Waals surface area contributed by atoms with Gasteiger partial charge in [0.15, 0.2) is 5.69 Å². The highest BCUT2D eigenvalue weighted by Crippen LogP contribution is 2.26. The number of hydrogen-bond donors (Lipinski definition) is 0. The van der Waals surface area contributed by atoms with Gasteiger partial charge in [-0.2, -0.15) is 5.10 Å². The number of amides is 2. The van der Waals surface area contributed by atoms with Crippen LogP contribution in [-0.2, 0) is 19.5 Å². The van der Waals surface area contributed by atoms with E-state index in [1.165, 1.54) is 5.69 Å². The van der Waals surface area contributed by atoms with Gasteiger partial charge < -0.3 is 14.7 Å². The first-order chi connectivity index (χ1) is 16.5. The Hall–Kier alpha value is -3.61. The maximum atomic E-state index is 13.6. The Morgan fingerprint density at radius 1 is 0.853 bits per heavy atom. The summed E-state index contributed by atoms with van der Waals surface area (Å²) in [5, 5.41) is 4.71. The predicted molar refractivity (Wildman–Crippen MR) is 132 cm³/mol. The second-order valence-electron chi connectivity index (χ2n) is 9.05. The molecule has 34 heavy (non-hydrogen) atoms. The Morgan fingerprint density at radius 3 is 2.24 bits per heavy atom. The molecule has 7 heteroatoms. The minimum absolute atomic E-state index is 0.00442. The van der Waals surface area contributed by atoms with Crippen molar-refractivity contribution in [3.8, 4) is 0 Å². The minimum atomic E-state index is -0.0270. The normalized spacial score (nSPS) is 15.9. The van der Waals surface area contributed by atoms with Crippen molar-refractivity contribution in [1.82, 2.24) is 19.6 Å². The van der Waals surface area contributed by atoms with E-state index >= 15 is 0 Å². The number of carbonyl (C=O) groups is 2. The van der Waals surface area contributed by atoms with Crippen molar-refractivity contribution in [3.63, 3.8) is 0 Å². The number of aryl methyl sites for hydroxylation is 2. The lowest BCUT2D eigenvalue weighted by Crippen LogP contribution is -2.49. The first-order valence-electron chi connectivity index (χ1n) is 12.1. The van der Waals surface area contributed by atoms with Crippen LogP contribution in [0.25, 0.3) is 0 Å². The summed E-state index contributed by atoms with van der Waals surface area (Å²) in [4.78, 5) is 32.8. The monoisotopic (exact) mass is 457 g/mol. The van der Waals surface area contributed by atoms with Gasteiger partial charge in [0.2, 0.25) is 0 Å². The third-order valence-corrected chi connectivity index (χ3v) is 6.91. The quantitative estimate of drug-likeness (QED) is 0.603. The van der Waals surface area contributed by atoms with E-state index in [2.05, 4.69) is 17.0 Å². The maximum absolute atomic E-state index is 13.6. The fourth-order valence-electron chi connectivity index (χ4n) is 4.93. The van der Waals surface area contributed by atoms with Crippen LogP contribution in [0.2, 0.25) is 0 Å². The van der Waals surface area contributed by atoms with Gasteiger partial charge in [0.05, 0.1) is 6.54 Å². The van der Waals surface area contributed by atoms with Crippen LogP contribution in [-0.4, -0.2) is 64.1 Å². The van der Waals surface area contributed by atoms with Crippen molar-refractivity contribution in [2.24, 2.45) is 0 Å². The van der Waals surface area contributed by atoms with Gasteiger partial charge in [-0.05, 0) is 38.1 Å². The average molecular weight is 458 g/mol. The molecule has 7 nitrogen and oxygen atoms in total. The zero-order valence-electron chi connectivity index (χ0n) is 19.9. The molecule has 3 aromatic rings. The summed E-state index contributed by atoms with van der Waals surface area (Å²) in [6, 6.07) is 18.0. The zero-order chi connectivity index (χ0) is 23.7. The van der Waals surface area contributed by atoms with Crippen LogP contribution in [0.3, 0.4) is 0 Å². The number of hydrogen-bond acceptors (Lipinski definition) is 4. The number of aromatic nitrogens is 2. The second kappa shape index (κ2) is 9.33. The van der Waals surface area contributed by atoms with Crippen LogP contribution in [0.1, 0.15) is 44.6 Å². The maximum Gasteiger partial charge on any atom is 0.274 e. The largest absolute Gasteiger partial charge is 0.368 e. The third kappa shape index (κ3) is 4.18. The molecule has 5 rings (SSSR count). The Bertz CT molecular complexity index is 1180. The number of benzene rings is 2. The van der Waals surface area contributed by atoms with Gasteiger partial charge in [-0.15, -0.1) is 0 Å². The highest BCUT2D eigenvalue weighted by atomic mass is 16.2. The van der Waals surface area contributed by atoms with Crippen LogP contribution in [0.4, 0.5) is 5.69 Å². The molecule has 0 spiro atoms. The molecule has 2 aromatic carbocycles. The van der Waals surface area contributed by atoms with Gasteiger partial charge in [-0.25, -0.2) is 0 Å². The molecule has 3 heterocycles. The standard InChI is InChI=1S/C27H31N5O2/c1-3-32-24-13-14-31(26(33)21-11-9-20(2)10-12-21)19-23(24)25(28-32)27(34)30-17-15-29(16-18-30)22-7-5-4-6-8-22/h4-12H,3,13-19H2,1-2H3. The van der Waals surface area contributed by atoms with Crippen molar-refractivity contribution in [2.45, 2.75) is 33.4 Å².